The van der Waals surface area contributed by atoms with Crippen LogP contribution >= 0.6 is 0 Å². The SMILES string of the molecule is [SiH3]/C=C\[SiH3]. The zero-order valence-corrected chi connectivity index (χ0v) is 7.15. The zero-order valence-electron chi connectivity index (χ0n) is 3.15. The second-order valence-electron chi connectivity index (χ2n) is 0.667. The highest BCUT2D eigenvalue weighted by atomic mass is 28.2. The third-order valence-corrected chi connectivity index (χ3v) is 3.00. The van der Waals surface area contributed by atoms with Crippen molar-refractivity contribution in [3.8, 4) is 0 Å². The predicted octanol–water partition coefficient (Wildman–Crippen LogP) is -1.81. The Labute approximate surface area is 32.8 Å². The summed E-state index contributed by atoms with van der Waals surface area (Å²) in [6.07, 6.45) is 0. The van der Waals surface area contributed by atoms with Crippen molar-refractivity contribution in [2.24, 2.45) is 0 Å². The highest BCUT2D eigenvalue weighted by Crippen LogP contribution is 1.42. The fourth-order valence-electron chi connectivity index (χ4n) is 0. The molecule has 0 radical (unpaired) electrons. The first-order chi connectivity index (χ1) is 1.91. The molecule has 0 atom stereocenters. The molecule has 0 unspecified atom stereocenters. The first-order valence-electron chi connectivity index (χ1n) is 1.49. The van der Waals surface area contributed by atoms with Crippen molar-refractivity contribution in [1.82, 2.24) is 0 Å². The topological polar surface area (TPSA) is 0 Å². The first-order valence-corrected chi connectivity index (χ1v) is 3.80. The van der Waals surface area contributed by atoms with E-state index >= 15 is 0 Å². The number of hydrogen-bond acceptors (Lipinski definition) is 0. The van der Waals surface area contributed by atoms with E-state index in [1.54, 1.807) is 0 Å². The minimum Gasteiger partial charge on any atom is -0.114 e. The van der Waals surface area contributed by atoms with Crippen molar-refractivity contribution in [2.75, 3.05) is 0 Å². The lowest BCUT2D eigenvalue weighted by Gasteiger charge is -1.48. The number of hydrogen-bond donors (Lipinski definition) is 0. The molecule has 0 N–H and O–H groups in total. The Balaban J connectivity index is 2.55. The Morgan fingerprint density at radius 1 is 1.00 bits per heavy atom. The van der Waals surface area contributed by atoms with Crippen LogP contribution in [0.3, 0.4) is 0 Å². The standard InChI is InChI=1S/C2H8Si2/c3-1-2-4/h1-2H,3-4H3/b2-1-. The van der Waals surface area contributed by atoms with Gasteiger partial charge in [-0.05, 0) is 0 Å². The van der Waals surface area contributed by atoms with E-state index in [-0.39, 0.29) is 0 Å². The molecule has 0 heterocycles. The molecule has 0 aromatic carbocycles. The first kappa shape index (κ1) is 4.17. The summed E-state index contributed by atoms with van der Waals surface area (Å²) in [6, 6.07) is 0. The Bertz CT molecular complexity index is 19.2. The lowest BCUT2D eigenvalue weighted by Crippen LogP contribution is -1.47. The lowest BCUT2D eigenvalue weighted by atomic mass is 11.2. The minimum atomic E-state index is 1.24. The van der Waals surface area contributed by atoms with Gasteiger partial charge in [-0.2, -0.15) is 0 Å². The maximum atomic E-state index is 2.20. The Morgan fingerprint density at radius 2 is 1.25 bits per heavy atom. The molecular formula is C2H8Si2. The second kappa shape index (κ2) is 3.17. The summed E-state index contributed by atoms with van der Waals surface area (Å²) >= 11 is 0. The molecule has 0 aromatic heterocycles. The van der Waals surface area contributed by atoms with Crippen molar-refractivity contribution >= 4 is 20.5 Å². The van der Waals surface area contributed by atoms with Gasteiger partial charge in [0.15, 0.2) is 0 Å². The van der Waals surface area contributed by atoms with E-state index in [0.29, 0.717) is 0 Å². The highest BCUT2D eigenvalue weighted by Gasteiger charge is 1.35. The molecule has 0 aliphatic heterocycles. The molecule has 24 valence electrons. The largest absolute Gasteiger partial charge is 0.114 e. The van der Waals surface area contributed by atoms with Crippen molar-refractivity contribution in [3.05, 3.63) is 11.4 Å². The molecule has 0 saturated heterocycles. The van der Waals surface area contributed by atoms with Gasteiger partial charge in [0, 0.05) is 20.5 Å². The summed E-state index contributed by atoms with van der Waals surface area (Å²) in [5.74, 6) is 0. The van der Waals surface area contributed by atoms with Crippen LogP contribution in [0.2, 0.25) is 0 Å². The molecule has 0 spiro atoms. The third kappa shape index (κ3) is 2.17. The van der Waals surface area contributed by atoms with Crippen LogP contribution in [-0.4, -0.2) is 20.5 Å². The normalized spacial score (nSPS) is 11.0. The minimum absolute atomic E-state index is 1.24. The Morgan fingerprint density at radius 3 is 1.25 bits per heavy atom. The molecule has 0 amide bonds. The van der Waals surface area contributed by atoms with Gasteiger partial charge in [-0.15, -0.1) is 11.4 Å². The van der Waals surface area contributed by atoms with Crippen molar-refractivity contribution in [1.29, 1.82) is 0 Å². The van der Waals surface area contributed by atoms with Gasteiger partial charge in [0.2, 0.25) is 0 Å². The Hall–Kier alpha value is 0.174. The fourth-order valence-corrected chi connectivity index (χ4v) is 0. The van der Waals surface area contributed by atoms with E-state index in [1.807, 2.05) is 0 Å². The quantitative estimate of drug-likeness (QED) is 0.306. The van der Waals surface area contributed by atoms with E-state index in [4.69, 9.17) is 0 Å². The monoisotopic (exact) mass is 88.0 g/mol. The molecule has 0 aliphatic carbocycles. The summed E-state index contributed by atoms with van der Waals surface area (Å²) in [5, 5.41) is 0. The van der Waals surface area contributed by atoms with E-state index in [9.17, 15) is 0 Å². The maximum absolute atomic E-state index is 2.20. The molecule has 0 bridgehead atoms. The predicted molar refractivity (Wildman–Crippen MR) is 29.0 cm³/mol. The van der Waals surface area contributed by atoms with Crippen LogP contribution in [0.25, 0.3) is 0 Å². The van der Waals surface area contributed by atoms with E-state index in [1.165, 1.54) is 20.5 Å². The fraction of sp³-hybridized carbons (Fsp3) is 0. The van der Waals surface area contributed by atoms with Crippen LogP contribution in [0.4, 0.5) is 0 Å². The molecule has 0 nitrogen and oxygen atoms in total. The van der Waals surface area contributed by atoms with Crippen LogP contribution in [0.1, 0.15) is 0 Å². The molecule has 0 fully saturated rings. The van der Waals surface area contributed by atoms with E-state index in [2.05, 4.69) is 11.4 Å². The zero-order chi connectivity index (χ0) is 3.41. The van der Waals surface area contributed by atoms with Crippen LogP contribution in [-0.2, 0) is 0 Å². The van der Waals surface area contributed by atoms with Crippen molar-refractivity contribution in [2.45, 2.75) is 0 Å². The van der Waals surface area contributed by atoms with Gasteiger partial charge < -0.3 is 0 Å². The summed E-state index contributed by atoms with van der Waals surface area (Å²) in [5.41, 5.74) is 4.40. The summed E-state index contributed by atoms with van der Waals surface area (Å²) in [4.78, 5) is 0. The summed E-state index contributed by atoms with van der Waals surface area (Å²) in [6.45, 7) is 0. The summed E-state index contributed by atoms with van der Waals surface area (Å²) in [7, 11) is 2.49. The molecule has 0 aliphatic rings. The Kier molecular flexibility index (Phi) is 3.31. The smallest absolute Gasteiger partial charge is 0.0281 e. The molecular weight excluding hydrogens is 80.2 g/mol. The van der Waals surface area contributed by atoms with Crippen LogP contribution in [0, 0.1) is 0 Å². The number of rotatable bonds is 0. The maximum Gasteiger partial charge on any atom is 0.0281 e. The van der Waals surface area contributed by atoms with Crippen molar-refractivity contribution in [3.63, 3.8) is 0 Å². The van der Waals surface area contributed by atoms with Gasteiger partial charge in [0.05, 0.1) is 0 Å². The lowest BCUT2D eigenvalue weighted by molar-refractivity contribution is 2.50. The molecule has 0 aromatic rings. The van der Waals surface area contributed by atoms with Gasteiger partial charge >= 0.3 is 0 Å². The van der Waals surface area contributed by atoms with Gasteiger partial charge in [-0.25, -0.2) is 0 Å². The molecule has 0 rings (SSSR count). The van der Waals surface area contributed by atoms with Gasteiger partial charge in [0.25, 0.3) is 0 Å². The average Bonchev–Trinajstić information content (AvgIpc) is 1.37. The van der Waals surface area contributed by atoms with Crippen LogP contribution in [0.5, 0.6) is 0 Å². The van der Waals surface area contributed by atoms with Gasteiger partial charge in [0.1, 0.15) is 0 Å². The van der Waals surface area contributed by atoms with Crippen molar-refractivity contribution < 1.29 is 0 Å². The molecule has 2 heteroatoms. The van der Waals surface area contributed by atoms with E-state index < -0.39 is 0 Å². The van der Waals surface area contributed by atoms with Gasteiger partial charge in [-0.3, -0.25) is 0 Å². The second-order valence-corrected chi connectivity index (χ2v) is 2.00. The highest BCUT2D eigenvalue weighted by molar-refractivity contribution is 6.25. The van der Waals surface area contributed by atoms with E-state index in [0.717, 1.165) is 0 Å². The summed E-state index contributed by atoms with van der Waals surface area (Å²) < 4.78 is 0. The van der Waals surface area contributed by atoms with Crippen LogP contribution < -0.4 is 0 Å². The average molecular weight is 88.3 g/mol. The van der Waals surface area contributed by atoms with Crippen LogP contribution in [0.15, 0.2) is 11.4 Å². The molecule has 4 heavy (non-hydrogen) atoms. The van der Waals surface area contributed by atoms with Gasteiger partial charge in [-0.1, -0.05) is 0 Å². The molecule has 0 saturated carbocycles. The third-order valence-electron chi connectivity index (χ3n) is 0.333.